The Morgan fingerprint density at radius 3 is 2.90 bits per heavy atom. The van der Waals surface area contributed by atoms with Crippen LogP contribution in [0.15, 0.2) is 18.2 Å². The van der Waals surface area contributed by atoms with E-state index in [4.69, 9.17) is 4.74 Å². The van der Waals surface area contributed by atoms with Crippen LogP contribution < -0.4 is 10.1 Å². The fourth-order valence-electron chi connectivity index (χ4n) is 3.14. The molecule has 0 bridgehead atoms. The molecule has 0 aliphatic heterocycles. The summed E-state index contributed by atoms with van der Waals surface area (Å²) in [7, 11) is 1.71. The van der Waals surface area contributed by atoms with Gasteiger partial charge in [0.05, 0.1) is 7.11 Å². The third kappa shape index (κ3) is 3.33. The summed E-state index contributed by atoms with van der Waals surface area (Å²) in [6, 6.07) is 6.40. The molecule has 1 amide bonds. The van der Waals surface area contributed by atoms with Gasteiger partial charge in [-0.15, -0.1) is 0 Å². The molecule has 2 atom stereocenters. The molecule has 2 rings (SSSR count). The van der Waals surface area contributed by atoms with Crippen LogP contribution in [-0.4, -0.2) is 19.6 Å². The highest BCUT2D eigenvalue weighted by molar-refractivity contribution is 5.75. The summed E-state index contributed by atoms with van der Waals surface area (Å²) in [5.74, 6) is 2.24. The number of benzene rings is 1. The Hall–Kier alpha value is -1.51. The van der Waals surface area contributed by atoms with Crippen molar-refractivity contribution in [3.63, 3.8) is 0 Å². The van der Waals surface area contributed by atoms with Crippen LogP contribution in [0.2, 0.25) is 0 Å². The Labute approximate surface area is 121 Å². The van der Waals surface area contributed by atoms with Crippen molar-refractivity contribution < 1.29 is 9.53 Å². The molecule has 1 N–H and O–H groups in total. The van der Waals surface area contributed by atoms with Gasteiger partial charge < -0.3 is 10.1 Å². The van der Waals surface area contributed by atoms with Crippen molar-refractivity contribution in [3.05, 3.63) is 29.3 Å². The van der Waals surface area contributed by atoms with Crippen molar-refractivity contribution >= 4 is 5.91 Å². The molecular weight excluding hydrogens is 250 g/mol. The smallest absolute Gasteiger partial charge is 0.219 e. The second-order valence-corrected chi connectivity index (χ2v) is 5.72. The molecule has 0 fully saturated rings. The van der Waals surface area contributed by atoms with Crippen LogP contribution in [0.1, 0.15) is 62.5 Å². The van der Waals surface area contributed by atoms with Gasteiger partial charge in [0.15, 0.2) is 0 Å². The number of fused-ring (bicyclic) bond motifs is 1. The van der Waals surface area contributed by atoms with E-state index in [0.717, 1.165) is 25.1 Å². The summed E-state index contributed by atoms with van der Waals surface area (Å²) in [6.45, 7) is 5.08. The highest BCUT2D eigenvalue weighted by Crippen LogP contribution is 2.44. The highest BCUT2D eigenvalue weighted by Gasteiger charge is 2.28. The average Bonchev–Trinajstić information content (AvgIpc) is 2.75. The summed E-state index contributed by atoms with van der Waals surface area (Å²) in [4.78, 5) is 11.5. The van der Waals surface area contributed by atoms with Crippen LogP contribution in [0.3, 0.4) is 0 Å². The third-order valence-electron chi connectivity index (χ3n) is 4.19. The summed E-state index contributed by atoms with van der Waals surface area (Å²) in [5, 5.41) is 3.01. The zero-order chi connectivity index (χ0) is 14.5. The number of carbonyl (C=O) groups excluding carboxylic acids is 1. The van der Waals surface area contributed by atoms with Crippen LogP contribution in [0.25, 0.3) is 0 Å². The lowest BCUT2D eigenvalue weighted by Gasteiger charge is -2.13. The van der Waals surface area contributed by atoms with Crippen molar-refractivity contribution in [2.45, 2.75) is 51.4 Å². The van der Waals surface area contributed by atoms with Gasteiger partial charge in [-0.3, -0.25) is 4.79 Å². The largest absolute Gasteiger partial charge is 0.497 e. The van der Waals surface area contributed by atoms with Gasteiger partial charge in [0.25, 0.3) is 0 Å². The molecule has 1 aliphatic rings. The zero-order valence-electron chi connectivity index (χ0n) is 12.7. The molecule has 20 heavy (non-hydrogen) atoms. The molecule has 1 aliphatic carbocycles. The topological polar surface area (TPSA) is 38.3 Å². The minimum absolute atomic E-state index is 0.171. The standard InChI is InChI=1S/C17H25NO2/c1-4-5-17(19)18-9-8-13-10-12(2)15-7-6-14(20-3)11-16(13)15/h6-7,11-13H,4-5,8-10H2,1-3H3,(H,18,19). The van der Waals surface area contributed by atoms with Gasteiger partial charge in [-0.05, 0) is 54.4 Å². The van der Waals surface area contributed by atoms with Crippen LogP contribution in [0, 0.1) is 0 Å². The molecule has 1 aromatic rings. The predicted molar refractivity (Wildman–Crippen MR) is 81.3 cm³/mol. The fraction of sp³-hybridized carbons (Fsp3) is 0.588. The van der Waals surface area contributed by atoms with E-state index in [0.29, 0.717) is 18.3 Å². The summed E-state index contributed by atoms with van der Waals surface area (Å²) in [6.07, 6.45) is 3.73. The maximum absolute atomic E-state index is 11.5. The van der Waals surface area contributed by atoms with Crippen molar-refractivity contribution in [1.82, 2.24) is 5.32 Å². The number of hydrogen-bond acceptors (Lipinski definition) is 2. The van der Waals surface area contributed by atoms with Crippen molar-refractivity contribution in [1.29, 1.82) is 0 Å². The zero-order valence-corrected chi connectivity index (χ0v) is 12.7. The molecule has 0 spiro atoms. The maximum Gasteiger partial charge on any atom is 0.219 e. The lowest BCUT2D eigenvalue weighted by atomic mass is 9.97. The Balaban J connectivity index is 1.96. The lowest BCUT2D eigenvalue weighted by Crippen LogP contribution is -2.24. The molecule has 110 valence electrons. The second-order valence-electron chi connectivity index (χ2n) is 5.72. The molecule has 0 saturated carbocycles. The van der Waals surface area contributed by atoms with E-state index in [1.165, 1.54) is 17.5 Å². The number of amides is 1. The monoisotopic (exact) mass is 275 g/mol. The normalized spacial score (nSPS) is 20.6. The van der Waals surface area contributed by atoms with Crippen molar-refractivity contribution in [2.75, 3.05) is 13.7 Å². The number of rotatable bonds is 6. The third-order valence-corrected chi connectivity index (χ3v) is 4.19. The van der Waals surface area contributed by atoms with Gasteiger partial charge in [0, 0.05) is 13.0 Å². The van der Waals surface area contributed by atoms with Crippen LogP contribution >= 0.6 is 0 Å². The first-order valence-corrected chi connectivity index (χ1v) is 7.60. The molecule has 0 saturated heterocycles. The Morgan fingerprint density at radius 1 is 1.40 bits per heavy atom. The first-order valence-electron chi connectivity index (χ1n) is 7.60. The van der Waals surface area contributed by atoms with Crippen LogP contribution in [0.5, 0.6) is 5.75 Å². The summed E-state index contributed by atoms with van der Waals surface area (Å²) >= 11 is 0. The molecule has 0 heterocycles. The van der Waals surface area contributed by atoms with Crippen LogP contribution in [-0.2, 0) is 4.79 Å². The van der Waals surface area contributed by atoms with Gasteiger partial charge in [-0.2, -0.15) is 0 Å². The molecule has 3 heteroatoms. The molecule has 0 radical (unpaired) electrons. The van der Waals surface area contributed by atoms with E-state index in [1.54, 1.807) is 7.11 Å². The quantitative estimate of drug-likeness (QED) is 0.861. The molecule has 0 aromatic heterocycles. The lowest BCUT2D eigenvalue weighted by molar-refractivity contribution is -0.121. The molecule has 3 nitrogen and oxygen atoms in total. The minimum Gasteiger partial charge on any atom is -0.497 e. The number of nitrogens with one attached hydrogen (secondary N) is 1. The summed E-state index contributed by atoms with van der Waals surface area (Å²) in [5.41, 5.74) is 2.84. The van der Waals surface area contributed by atoms with Gasteiger partial charge in [-0.25, -0.2) is 0 Å². The van der Waals surface area contributed by atoms with Crippen LogP contribution in [0.4, 0.5) is 0 Å². The number of carbonyl (C=O) groups is 1. The molecule has 1 aromatic carbocycles. The number of methoxy groups -OCH3 is 1. The first-order chi connectivity index (χ1) is 9.65. The van der Waals surface area contributed by atoms with Gasteiger partial charge >= 0.3 is 0 Å². The Kier molecular flexibility index (Phi) is 5.05. The minimum atomic E-state index is 0.171. The number of hydrogen-bond donors (Lipinski definition) is 1. The first kappa shape index (κ1) is 14.9. The highest BCUT2D eigenvalue weighted by atomic mass is 16.5. The van der Waals surface area contributed by atoms with Gasteiger partial charge in [0.1, 0.15) is 5.75 Å². The van der Waals surface area contributed by atoms with Gasteiger partial charge in [-0.1, -0.05) is 19.9 Å². The average molecular weight is 275 g/mol. The Morgan fingerprint density at radius 2 is 2.20 bits per heavy atom. The van der Waals surface area contributed by atoms with E-state index >= 15 is 0 Å². The Bertz CT molecular complexity index is 470. The fourth-order valence-corrected chi connectivity index (χ4v) is 3.14. The van der Waals surface area contributed by atoms with E-state index < -0.39 is 0 Å². The van der Waals surface area contributed by atoms with E-state index in [-0.39, 0.29) is 5.91 Å². The van der Waals surface area contributed by atoms with E-state index in [9.17, 15) is 4.79 Å². The number of ether oxygens (including phenoxy) is 1. The van der Waals surface area contributed by atoms with E-state index in [2.05, 4.69) is 24.4 Å². The predicted octanol–water partition coefficient (Wildman–Crippen LogP) is 3.59. The molecule has 2 unspecified atom stereocenters. The van der Waals surface area contributed by atoms with Crippen molar-refractivity contribution in [2.24, 2.45) is 0 Å². The molecular formula is C17H25NO2. The SMILES string of the molecule is CCCC(=O)NCCC1CC(C)c2ccc(OC)cc21. The maximum atomic E-state index is 11.5. The van der Waals surface area contributed by atoms with Gasteiger partial charge in [0.2, 0.25) is 5.91 Å². The van der Waals surface area contributed by atoms with E-state index in [1.807, 2.05) is 13.0 Å². The summed E-state index contributed by atoms with van der Waals surface area (Å²) < 4.78 is 5.33. The second kappa shape index (κ2) is 6.78. The van der Waals surface area contributed by atoms with Crippen molar-refractivity contribution in [3.8, 4) is 5.75 Å².